The third-order valence-electron chi connectivity index (χ3n) is 6.76. The zero-order valence-electron chi connectivity index (χ0n) is 19.1. The molecule has 0 radical (unpaired) electrons. The van der Waals surface area contributed by atoms with E-state index in [1.54, 1.807) is 24.3 Å². The Labute approximate surface area is 200 Å². The quantitative estimate of drug-likeness (QED) is 0.188. The van der Waals surface area contributed by atoms with Gasteiger partial charge in [-0.15, -0.1) is 0 Å². The topological polar surface area (TPSA) is 121 Å². The largest absolute Gasteiger partial charge is 0.493 e. The lowest BCUT2D eigenvalue weighted by Crippen LogP contribution is -2.28. The van der Waals surface area contributed by atoms with Crippen molar-refractivity contribution in [2.45, 2.75) is 13.0 Å². The molecule has 2 aromatic carbocycles. The number of nitro benzene ring substituents is 1. The third-order valence-corrected chi connectivity index (χ3v) is 6.76. The number of imide groups is 1. The Hall–Kier alpha value is -4.21. The Morgan fingerprint density at radius 1 is 1.06 bits per heavy atom. The van der Waals surface area contributed by atoms with Crippen molar-refractivity contribution in [1.29, 1.82) is 0 Å². The van der Waals surface area contributed by atoms with Crippen molar-refractivity contribution in [2.24, 2.45) is 28.8 Å². The summed E-state index contributed by atoms with van der Waals surface area (Å²) in [6.45, 7) is 0.0533. The number of rotatable bonds is 8. The molecule has 1 saturated carbocycles. The number of fused-ring (bicyclic) bond motifs is 5. The molecule has 0 N–H and O–H groups in total. The minimum Gasteiger partial charge on any atom is -0.493 e. The Balaban J connectivity index is 1.35. The van der Waals surface area contributed by atoms with E-state index in [1.165, 1.54) is 32.6 Å². The number of carbonyl (C=O) groups is 2. The molecular formula is C25H23N3O7. The number of hydrazone groups is 1. The van der Waals surface area contributed by atoms with Gasteiger partial charge in [-0.25, -0.2) is 0 Å². The minimum absolute atomic E-state index is 0.0319. The van der Waals surface area contributed by atoms with Crippen LogP contribution in [-0.4, -0.2) is 42.2 Å². The van der Waals surface area contributed by atoms with E-state index in [0.29, 0.717) is 28.4 Å². The first-order chi connectivity index (χ1) is 16.9. The van der Waals surface area contributed by atoms with Crippen molar-refractivity contribution in [1.82, 2.24) is 5.01 Å². The summed E-state index contributed by atoms with van der Waals surface area (Å²) in [6, 6.07) is 9.43. The smallest absolute Gasteiger partial charge is 0.269 e. The molecule has 2 amide bonds. The van der Waals surface area contributed by atoms with Gasteiger partial charge >= 0.3 is 0 Å². The summed E-state index contributed by atoms with van der Waals surface area (Å²) in [4.78, 5) is 36.2. The molecule has 180 valence electrons. The molecule has 3 aliphatic rings. The number of ether oxygens (including phenoxy) is 3. The predicted octanol–water partition coefficient (Wildman–Crippen LogP) is 3.33. The van der Waals surface area contributed by atoms with Crippen LogP contribution < -0.4 is 14.2 Å². The summed E-state index contributed by atoms with van der Waals surface area (Å²) in [5.41, 5.74) is 1.12. The number of hydrogen-bond donors (Lipinski definition) is 0. The standard InChI is InChI=1S/C25H23N3O7/c1-33-19-9-15(12-26-27-24(29)21-16-6-7-17(11-16)22(21)25(27)30)10-20(34-2)23(19)35-13-14-4-3-5-18(8-14)28(31)32/h3-10,12,16-17,21-22H,11,13H2,1-2H3/t16-,17-,21-,22+/m0/s1. The fourth-order valence-electron chi connectivity index (χ4n) is 5.16. The molecule has 2 aliphatic carbocycles. The van der Waals surface area contributed by atoms with Crippen LogP contribution in [0.2, 0.25) is 0 Å². The molecule has 1 saturated heterocycles. The number of amides is 2. The predicted molar refractivity (Wildman–Crippen MR) is 124 cm³/mol. The van der Waals surface area contributed by atoms with E-state index < -0.39 is 4.92 Å². The van der Waals surface area contributed by atoms with Crippen LogP contribution in [0.3, 0.4) is 0 Å². The molecule has 35 heavy (non-hydrogen) atoms. The summed E-state index contributed by atoms with van der Waals surface area (Å²) in [5.74, 6) is 0.0705. The van der Waals surface area contributed by atoms with Gasteiger partial charge in [-0.05, 0) is 36.0 Å². The maximum atomic E-state index is 12.8. The van der Waals surface area contributed by atoms with E-state index in [-0.39, 0.29) is 47.8 Å². The zero-order valence-corrected chi connectivity index (χ0v) is 19.1. The Morgan fingerprint density at radius 3 is 2.26 bits per heavy atom. The number of hydrogen-bond acceptors (Lipinski definition) is 8. The normalized spacial score (nSPS) is 24.3. The maximum Gasteiger partial charge on any atom is 0.269 e. The van der Waals surface area contributed by atoms with Crippen LogP contribution in [-0.2, 0) is 16.2 Å². The second kappa shape index (κ2) is 8.86. The van der Waals surface area contributed by atoms with Crippen molar-refractivity contribution in [3.8, 4) is 17.2 Å². The third kappa shape index (κ3) is 3.90. The summed E-state index contributed by atoms with van der Waals surface area (Å²) in [6.07, 6.45) is 6.34. The summed E-state index contributed by atoms with van der Waals surface area (Å²) in [7, 11) is 2.93. The average molecular weight is 477 g/mol. The van der Waals surface area contributed by atoms with Crippen LogP contribution >= 0.6 is 0 Å². The van der Waals surface area contributed by atoms with E-state index in [2.05, 4.69) is 5.10 Å². The van der Waals surface area contributed by atoms with Gasteiger partial charge in [-0.3, -0.25) is 19.7 Å². The highest BCUT2D eigenvalue weighted by atomic mass is 16.6. The summed E-state index contributed by atoms with van der Waals surface area (Å²) >= 11 is 0. The highest BCUT2D eigenvalue weighted by Crippen LogP contribution is 2.52. The van der Waals surface area contributed by atoms with Gasteiger partial charge in [-0.1, -0.05) is 24.3 Å². The average Bonchev–Trinajstić information content (AvgIpc) is 3.55. The van der Waals surface area contributed by atoms with E-state index in [0.717, 1.165) is 11.4 Å². The van der Waals surface area contributed by atoms with Gasteiger partial charge in [0.05, 0.1) is 37.2 Å². The second-order valence-electron chi connectivity index (χ2n) is 8.70. The number of benzene rings is 2. The van der Waals surface area contributed by atoms with Gasteiger partial charge in [-0.2, -0.15) is 10.1 Å². The first-order valence-electron chi connectivity index (χ1n) is 11.1. The number of nitro groups is 1. The second-order valence-corrected chi connectivity index (χ2v) is 8.70. The molecule has 0 aromatic heterocycles. The minimum atomic E-state index is -0.469. The van der Waals surface area contributed by atoms with Gasteiger partial charge in [0, 0.05) is 17.7 Å². The zero-order chi connectivity index (χ0) is 24.7. The molecule has 10 nitrogen and oxygen atoms in total. The van der Waals surface area contributed by atoms with Crippen molar-refractivity contribution in [3.05, 3.63) is 69.8 Å². The number of nitrogens with zero attached hydrogens (tertiary/aromatic N) is 3. The molecular weight excluding hydrogens is 454 g/mol. The van der Waals surface area contributed by atoms with Gasteiger partial charge < -0.3 is 14.2 Å². The highest BCUT2D eigenvalue weighted by Gasteiger charge is 2.59. The van der Waals surface area contributed by atoms with E-state index >= 15 is 0 Å². The molecule has 4 atom stereocenters. The summed E-state index contributed by atoms with van der Waals surface area (Å²) < 4.78 is 16.8. The van der Waals surface area contributed by atoms with Gasteiger partial charge in [0.25, 0.3) is 17.5 Å². The molecule has 1 heterocycles. The van der Waals surface area contributed by atoms with Gasteiger partial charge in [0.15, 0.2) is 11.5 Å². The number of carbonyl (C=O) groups excluding carboxylic acids is 2. The Morgan fingerprint density at radius 2 is 1.69 bits per heavy atom. The molecule has 0 unspecified atom stereocenters. The molecule has 2 aromatic rings. The monoisotopic (exact) mass is 477 g/mol. The van der Waals surface area contributed by atoms with Gasteiger partial charge in [0.2, 0.25) is 5.75 Å². The number of methoxy groups -OCH3 is 2. The first-order valence-corrected chi connectivity index (χ1v) is 11.1. The van der Waals surface area contributed by atoms with Crippen LogP contribution in [0, 0.1) is 33.8 Å². The first kappa shape index (κ1) is 22.6. The van der Waals surface area contributed by atoms with E-state index in [9.17, 15) is 19.7 Å². The number of allylic oxidation sites excluding steroid dienone is 2. The molecule has 1 aliphatic heterocycles. The molecule has 2 fully saturated rings. The molecule has 2 bridgehead atoms. The highest BCUT2D eigenvalue weighted by molar-refractivity contribution is 6.06. The molecule has 0 spiro atoms. The molecule has 5 rings (SSSR count). The molecule has 10 heteroatoms. The lowest BCUT2D eigenvalue weighted by molar-refractivity contribution is -0.384. The SMILES string of the molecule is COc1cc(C=NN2C(=O)[C@@H]3[C@H](C2=O)[C@H]2C=C[C@H]3C2)cc(OC)c1OCc1cccc([N+](=O)[O-])c1. The Kier molecular flexibility index (Phi) is 5.72. The van der Waals surface area contributed by atoms with Crippen LogP contribution in [0.4, 0.5) is 5.69 Å². The van der Waals surface area contributed by atoms with Crippen molar-refractivity contribution < 1.29 is 28.7 Å². The maximum absolute atomic E-state index is 12.8. The van der Waals surface area contributed by atoms with Crippen molar-refractivity contribution in [3.63, 3.8) is 0 Å². The van der Waals surface area contributed by atoms with Crippen LogP contribution in [0.25, 0.3) is 0 Å². The van der Waals surface area contributed by atoms with E-state index in [1.807, 2.05) is 12.2 Å². The van der Waals surface area contributed by atoms with Crippen LogP contribution in [0.15, 0.2) is 53.7 Å². The van der Waals surface area contributed by atoms with E-state index in [4.69, 9.17) is 14.2 Å². The Bertz CT molecular complexity index is 1220. The lowest BCUT2D eigenvalue weighted by atomic mass is 9.85. The summed E-state index contributed by atoms with van der Waals surface area (Å²) in [5, 5.41) is 16.2. The van der Waals surface area contributed by atoms with Crippen LogP contribution in [0.1, 0.15) is 17.5 Å². The lowest BCUT2D eigenvalue weighted by Gasteiger charge is -2.16. The van der Waals surface area contributed by atoms with Crippen LogP contribution in [0.5, 0.6) is 17.2 Å². The number of non-ortho nitro benzene ring substituents is 1. The van der Waals surface area contributed by atoms with Crippen molar-refractivity contribution >= 4 is 23.7 Å². The fraction of sp³-hybridized carbons (Fsp3) is 0.320. The fourth-order valence-corrected chi connectivity index (χ4v) is 5.16. The van der Waals surface area contributed by atoms with Crippen molar-refractivity contribution in [2.75, 3.05) is 14.2 Å². The van der Waals surface area contributed by atoms with Gasteiger partial charge in [0.1, 0.15) is 6.61 Å².